The van der Waals surface area contributed by atoms with E-state index in [0.29, 0.717) is 28.2 Å². The minimum absolute atomic E-state index is 0.148. The number of hydrogen-bond donors (Lipinski definition) is 2. The van der Waals surface area contributed by atoms with Crippen LogP contribution in [0.15, 0.2) is 48.5 Å². The maximum atomic E-state index is 12.4. The molecule has 4 rings (SSSR count). The number of carbonyl (C=O) groups excluding carboxylic acids is 2. The second kappa shape index (κ2) is 9.19. The molecule has 5 nitrogen and oxygen atoms in total. The van der Waals surface area contributed by atoms with Gasteiger partial charge in [-0.25, -0.2) is 0 Å². The molecule has 0 bridgehead atoms. The van der Waals surface area contributed by atoms with Crippen LogP contribution in [-0.4, -0.2) is 42.9 Å². The number of hydrogen-bond acceptors (Lipinski definition) is 3. The summed E-state index contributed by atoms with van der Waals surface area (Å²) in [5.74, 6) is -0.296. The predicted molar refractivity (Wildman–Crippen MR) is 120 cm³/mol. The molecule has 1 aliphatic carbocycles. The van der Waals surface area contributed by atoms with Crippen LogP contribution in [-0.2, 0) is 10.2 Å². The molecule has 0 aromatic heterocycles. The molecular formula is C24H28ClN3O2. The smallest absolute Gasteiger partial charge is 0.251 e. The number of carbonyl (C=O) groups is 2. The molecule has 0 unspecified atom stereocenters. The number of rotatable bonds is 8. The Labute approximate surface area is 182 Å². The highest BCUT2D eigenvalue weighted by molar-refractivity contribution is 6.30. The van der Waals surface area contributed by atoms with Gasteiger partial charge in [0.05, 0.1) is 0 Å². The topological polar surface area (TPSA) is 61.4 Å². The van der Waals surface area contributed by atoms with Gasteiger partial charge in [0.2, 0.25) is 5.91 Å². The van der Waals surface area contributed by atoms with Gasteiger partial charge in [-0.05, 0) is 80.7 Å². The fraction of sp³-hybridized carbons (Fsp3) is 0.417. The molecule has 158 valence electrons. The summed E-state index contributed by atoms with van der Waals surface area (Å²) < 4.78 is 0. The Morgan fingerprint density at radius 3 is 2.27 bits per heavy atom. The lowest BCUT2D eigenvalue weighted by molar-refractivity contribution is -0.116. The fourth-order valence-electron chi connectivity index (χ4n) is 4.18. The number of nitrogens with zero attached hydrogens (tertiary/aromatic N) is 1. The normalized spacial score (nSPS) is 17.5. The summed E-state index contributed by atoms with van der Waals surface area (Å²) in [5.41, 5.74) is 2.95. The molecule has 6 heteroatoms. The predicted octanol–water partition coefficient (Wildman–Crippen LogP) is 4.23. The van der Waals surface area contributed by atoms with E-state index in [2.05, 4.69) is 27.7 Å². The highest BCUT2D eigenvalue weighted by atomic mass is 35.5. The zero-order valence-corrected chi connectivity index (χ0v) is 17.9. The summed E-state index contributed by atoms with van der Waals surface area (Å²) in [6.07, 6.45) is 5.31. The number of anilines is 1. The lowest BCUT2D eigenvalue weighted by Crippen LogP contribution is -2.30. The number of likely N-dealkylation sites (tertiary alicyclic amines) is 1. The van der Waals surface area contributed by atoms with Gasteiger partial charge < -0.3 is 15.5 Å². The largest absolute Gasteiger partial charge is 0.352 e. The van der Waals surface area contributed by atoms with Crippen molar-refractivity contribution in [2.45, 2.75) is 37.5 Å². The molecule has 1 aliphatic heterocycles. The molecule has 1 saturated carbocycles. The monoisotopic (exact) mass is 425 g/mol. The van der Waals surface area contributed by atoms with Crippen LogP contribution >= 0.6 is 11.6 Å². The van der Waals surface area contributed by atoms with Crippen LogP contribution < -0.4 is 10.6 Å². The minimum atomic E-state index is -0.148. The summed E-state index contributed by atoms with van der Waals surface area (Å²) in [4.78, 5) is 27.0. The van der Waals surface area contributed by atoms with Gasteiger partial charge in [0, 0.05) is 41.2 Å². The average Bonchev–Trinajstić information content (AvgIpc) is 3.35. The van der Waals surface area contributed by atoms with Gasteiger partial charge in [0.25, 0.3) is 5.91 Å². The van der Waals surface area contributed by atoms with Crippen LogP contribution in [0.4, 0.5) is 5.69 Å². The van der Waals surface area contributed by atoms with Gasteiger partial charge in [-0.3, -0.25) is 9.59 Å². The van der Waals surface area contributed by atoms with Crippen molar-refractivity contribution in [2.24, 2.45) is 0 Å². The third-order valence-corrected chi connectivity index (χ3v) is 6.36. The number of nitrogens with one attached hydrogen (secondary N) is 2. The lowest BCUT2D eigenvalue weighted by Gasteiger charge is -2.23. The van der Waals surface area contributed by atoms with Crippen molar-refractivity contribution in [3.63, 3.8) is 0 Å². The Bertz CT molecular complexity index is 886. The van der Waals surface area contributed by atoms with Crippen LogP contribution in [0.25, 0.3) is 0 Å². The molecule has 2 aliphatic rings. The van der Waals surface area contributed by atoms with Gasteiger partial charge >= 0.3 is 0 Å². The van der Waals surface area contributed by atoms with E-state index in [9.17, 15) is 9.59 Å². The molecule has 2 aromatic rings. The maximum absolute atomic E-state index is 12.4. The van der Waals surface area contributed by atoms with Crippen molar-refractivity contribution in [2.75, 3.05) is 31.5 Å². The third-order valence-electron chi connectivity index (χ3n) is 6.10. The first-order chi connectivity index (χ1) is 14.5. The van der Waals surface area contributed by atoms with Gasteiger partial charge in [0.15, 0.2) is 0 Å². The number of halogens is 1. The van der Waals surface area contributed by atoms with Crippen LogP contribution in [0.2, 0.25) is 5.02 Å². The summed E-state index contributed by atoms with van der Waals surface area (Å²) >= 11 is 5.84. The molecule has 1 heterocycles. The Kier molecular flexibility index (Phi) is 6.40. The molecule has 0 spiro atoms. The second-order valence-electron chi connectivity index (χ2n) is 8.40. The third kappa shape index (κ3) is 5.21. The summed E-state index contributed by atoms with van der Waals surface area (Å²) in [6.45, 7) is 3.86. The average molecular weight is 426 g/mol. The van der Waals surface area contributed by atoms with E-state index in [0.717, 1.165) is 6.54 Å². The molecule has 30 heavy (non-hydrogen) atoms. The standard InChI is InChI=1S/C24H28ClN3O2/c25-20-7-9-21(10-8-20)27-22(29)11-14-26-23(30)18-3-5-19(6-4-18)24(12-13-24)17-28-15-1-2-16-28/h3-10H,1-2,11-17H2,(H,26,30)(H,27,29). The van der Waals surface area contributed by atoms with Gasteiger partial charge in [-0.1, -0.05) is 23.7 Å². The molecule has 0 radical (unpaired) electrons. The number of amides is 2. The minimum Gasteiger partial charge on any atom is -0.352 e. The maximum Gasteiger partial charge on any atom is 0.251 e. The summed E-state index contributed by atoms with van der Waals surface area (Å²) in [5, 5.41) is 6.24. The molecular weight excluding hydrogens is 398 g/mol. The van der Waals surface area contributed by atoms with Crippen LogP contribution in [0.5, 0.6) is 0 Å². The van der Waals surface area contributed by atoms with Crippen molar-refractivity contribution in [1.82, 2.24) is 10.2 Å². The van der Waals surface area contributed by atoms with E-state index in [4.69, 9.17) is 11.6 Å². The van der Waals surface area contributed by atoms with Gasteiger partial charge in [0.1, 0.15) is 0 Å². The quantitative estimate of drug-likeness (QED) is 0.665. The Balaban J connectivity index is 1.24. The first kappa shape index (κ1) is 20.9. The van der Waals surface area contributed by atoms with E-state index >= 15 is 0 Å². The van der Waals surface area contributed by atoms with Crippen molar-refractivity contribution >= 4 is 29.1 Å². The molecule has 2 fully saturated rings. The van der Waals surface area contributed by atoms with Crippen molar-refractivity contribution in [1.29, 1.82) is 0 Å². The molecule has 2 amide bonds. The summed E-state index contributed by atoms with van der Waals surface area (Å²) in [6, 6.07) is 15.0. The Hall–Kier alpha value is -2.37. The van der Waals surface area contributed by atoms with Crippen molar-refractivity contribution in [3.05, 3.63) is 64.7 Å². The van der Waals surface area contributed by atoms with Crippen molar-refractivity contribution in [3.8, 4) is 0 Å². The number of benzene rings is 2. The fourth-order valence-corrected chi connectivity index (χ4v) is 4.31. The van der Waals surface area contributed by atoms with Crippen LogP contribution in [0.3, 0.4) is 0 Å². The first-order valence-electron chi connectivity index (χ1n) is 10.7. The Morgan fingerprint density at radius 2 is 1.63 bits per heavy atom. The second-order valence-corrected chi connectivity index (χ2v) is 8.84. The molecule has 0 atom stereocenters. The zero-order chi connectivity index (χ0) is 21.0. The highest BCUT2D eigenvalue weighted by Gasteiger charge is 2.45. The van der Waals surface area contributed by atoms with E-state index in [1.165, 1.54) is 44.3 Å². The summed E-state index contributed by atoms with van der Waals surface area (Å²) in [7, 11) is 0. The highest BCUT2D eigenvalue weighted by Crippen LogP contribution is 2.49. The van der Waals surface area contributed by atoms with Crippen LogP contribution in [0, 0.1) is 0 Å². The molecule has 2 N–H and O–H groups in total. The molecule has 2 aromatic carbocycles. The molecule has 1 saturated heterocycles. The lowest BCUT2D eigenvalue weighted by atomic mass is 9.94. The van der Waals surface area contributed by atoms with Gasteiger partial charge in [-0.2, -0.15) is 0 Å². The van der Waals surface area contributed by atoms with E-state index in [1.54, 1.807) is 24.3 Å². The first-order valence-corrected chi connectivity index (χ1v) is 11.1. The van der Waals surface area contributed by atoms with E-state index in [-0.39, 0.29) is 18.2 Å². The van der Waals surface area contributed by atoms with E-state index < -0.39 is 0 Å². The SMILES string of the molecule is O=C(CCNC(=O)c1ccc(C2(CN3CCCC3)CC2)cc1)Nc1ccc(Cl)cc1. The van der Waals surface area contributed by atoms with Crippen LogP contribution in [0.1, 0.15) is 48.0 Å². The Morgan fingerprint density at radius 1 is 0.967 bits per heavy atom. The van der Waals surface area contributed by atoms with Crippen molar-refractivity contribution < 1.29 is 9.59 Å². The zero-order valence-electron chi connectivity index (χ0n) is 17.1. The van der Waals surface area contributed by atoms with Gasteiger partial charge in [-0.15, -0.1) is 0 Å². The van der Waals surface area contributed by atoms with E-state index in [1.807, 2.05) is 12.1 Å².